The van der Waals surface area contributed by atoms with Gasteiger partial charge in [-0.1, -0.05) is 46.1 Å². The Morgan fingerprint density at radius 2 is 1.97 bits per heavy atom. The third-order valence-corrected chi connectivity index (χ3v) is 9.47. The van der Waals surface area contributed by atoms with Crippen molar-refractivity contribution < 1.29 is 29.0 Å². The van der Waals surface area contributed by atoms with E-state index in [1.807, 2.05) is 32.6 Å². The number of nitrogens with zero attached hydrogens (tertiary/aromatic N) is 2. The summed E-state index contributed by atoms with van der Waals surface area (Å²) in [6.45, 7) is 13.8. The molecule has 4 fully saturated rings. The maximum atomic E-state index is 14.6. The van der Waals surface area contributed by atoms with Crippen molar-refractivity contribution in [2.75, 3.05) is 19.8 Å². The van der Waals surface area contributed by atoms with Crippen LogP contribution in [-0.2, 0) is 23.9 Å². The van der Waals surface area contributed by atoms with Gasteiger partial charge < -0.3 is 24.4 Å². The molecule has 3 aliphatic heterocycles. The van der Waals surface area contributed by atoms with Gasteiger partial charge in [0.25, 0.3) is 0 Å². The Morgan fingerprint density at radius 1 is 1.31 bits per heavy atom. The number of aliphatic hydroxyl groups is 1. The highest BCUT2D eigenvalue weighted by Crippen LogP contribution is 2.66. The van der Waals surface area contributed by atoms with Crippen LogP contribution in [0.2, 0.25) is 0 Å². The van der Waals surface area contributed by atoms with Crippen molar-refractivity contribution >= 4 is 17.8 Å². The van der Waals surface area contributed by atoms with E-state index >= 15 is 0 Å². The van der Waals surface area contributed by atoms with E-state index in [1.165, 1.54) is 0 Å². The minimum absolute atomic E-state index is 0.0413. The number of fused-ring (bicyclic) bond motifs is 1. The summed E-state index contributed by atoms with van der Waals surface area (Å²) in [5, 5.41) is 10.4. The van der Waals surface area contributed by atoms with E-state index < -0.39 is 41.1 Å². The minimum Gasteiger partial charge on any atom is -0.466 e. The van der Waals surface area contributed by atoms with Crippen molar-refractivity contribution in [1.29, 1.82) is 0 Å². The number of aliphatic hydroxyl groups excluding tert-OH is 1. The largest absolute Gasteiger partial charge is 0.466 e. The highest BCUT2D eigenvalue weighted by atomic mass is 16.6. The summed E-state index contributed by atoms with van der Waals surface area (Å²) in [5.41, 5.74) is -2.02. The lowest BCUT2D eigenvalue weighted by Crippen LogP contribution is -2.61. The Balaban J connectivity index is 1.84. The lowest BCUT2D eigenvalue weighted by molar-refractivity contribution is -0.164. The summed E-state index contributed by atoms with van der Waals surface area (Å²) in [6, 6.07) is -1.38. The van der Waals surface area contributed by atoms with Crippen molar-refractivity contribution in [3.63, 3.8) is 0 Å². The van der Waals surface area contributed by atoms with E-state index in [-0.39, 0.29) is 42.9 Å². The molecule has 4 rings (SSSR count). The Labute approximate surface area is 215 Å². The third kappa shape index (κ3) is 3.90. The molecule has 8 heteroatoms. The average molecular weight is 505 g/mol. The van der Waals surface area contributed by atoms with E-state index in [0.29, 0.717) is 13.0 Å². The molecule has 0 aromatic heterocycles. The molecule has 0 aromatic rings. The van der Waals surface area contributed by atoms with E-state index in [9.17, 15) is 19.5 Å². The van der Waals surface area contributed by atoms with E-state index in [1.54, 1.807) is 17.9 Å². The van der Waals surface area contributed by atoms with Crippen LogP contribution in [0.1, 0.15) is 73.1 Å². The lowest BCUT2D eigenvalue weighted by Gasteiger charge is -2.43. The molecule has 1 N–H and O–H groups in total. The normalized spacial score (nSPS) is 36.8. The smallest absolute Gasteiger partial charge is 0.312 e. The second kappa shape index (κ2) is 10.1. The van der Waals surface area contributed by atoms with Crippen LogP contribution >= 0.6 is 0 Å². The molecule has 36 heavy (non-hydrogen) atoms. The highest BCUT2D eigenvalue weighted by Gasteiger charge is 2.81. The molecule has 1 aliphatic carbocycles. The number of hydrogen-bond acceptors (Lipinski definition) is 6. The van der Waals surface area contributed by atoms with Gasteiger partial charge in [0.1, 0.15) is 17.6 Å². The summed E-state index contributed by atoms with van der Waals surface area (Å²) < 4.78 is 12.2. The Morgan fingerprint density at radius 3 is 2.53 bits per heavy atom. The van der Waals surface area contributed by atoms with Gasteiger partial charge in [-0.15, -0.1) is 6.58 Å². The number of hydrogen-bond donors (Lipinski definition) is 1. The molecule has 1 spiro atoms. The van der Waals surface area contributed by atoms with Crippen LogP contribution in [0.25, 0.3) is 0 Å². The van der Waals surface area contributed by atoms with E-state index in [0.717, 1.165) is 32.1 Å². The van der Waals surface area contributed by atoms with Gasteiger partial charge in [-0.25, -0.2) is 0 Å². The van der Waals surface area contributed by atoms with Gasteiger partial charge in [-0.2, -0.15) is 0 Å². The number of rotatable bonds is 9. The van der Waals surface area contributed by atoms with Crippen molar-refractivity contribution in [3.8, 4) is 0 Å². The maximum Gasteiger partial charge on any atom is 0.312 e. The van der Waals surface area contributed by atoms with Gasteiger partial charge in [-0.3, -0.25) is 14.4 Å². The molecule has 3 saturated heterocycles. The molecule has 8 nitrogen and oxygen atoms in total. The first-order valence-corrected chi connectivity index (χ1v) is 13.8. The van der Waals surface area contributed by atoms with E-state index in [2.05, 4.69) is 6.58 Å². The zero-order valence-electron chi connectivity index (χ0n) is 22.6. The van der Waals surface area contributed by atoms with Gasteiger partial charge in [0.2, 0.25) is 11.8 Å². The first-order valence-electron chi connectivity index (χ1n) is 13.8. The molecule has 2 amide bonds. The summed E-state index contributed by atoms with van der Waals surface area (Å²) in [6.07, 6.45) is 7.38. The van der Waals surface area contributed by atoms with Gasteiger partial charge in [-0.05, 0) is 44.9 Å². The molecule has 3 heterocycles. The zero-order valence-corrected chi connectivity index (χ0v) is 22.6. The number of ether oxygens (including phenoxy) is 2. The topological polar surface area (TPSA) is 96.4 Å². The number of carbonyl (C=O) groups is 3. The van der Waals surface area contributed by atoms with Gasteiger partial charge in [0.15, 0.2) is 0 Å². The average Bonchev–Trinajstić information content (AvgIpc) is 3.35. The number of amides is 2. The molecular weight excluding hydrogens is 460 g/mol. The molecule has 0 aromatic carbocycles. The molecular formula is C28H44N2O6. The first-order chi connectivity index (χ1) is 17.1. The number of likely N-dealkylation sites (tertiary alicyclic amines) is 1. The second-order valence-electron chi connectivity index (χ2n) is 11.8. The van der Waals surface area contributed by atoms with Gasteiger partial charge in [0.05, 0.1) is 30.8 Å². The van der Waals surface area contributed by atoms with Crippen LogP contribution in [0.15, 0.2) is 12.7 Å². The molecule has 1 saturated carbocycles. The fraction of sp³-hybridized carbons (Fsp3) is 0.821. The quantitative estimate of drug-likeness (QED) is 0.383. The van der Waals surface area contributed by atoms with Crippen LogP contribution in [0.3, 0.4) is 0 Å². The van der Waals surface area contributed by atoms with Gasteiger partial charge >= 0.3 is 5.97 Å². The molecule has 2 bridgehead atoms. The molecule has 3 unspecified atom stereocenters. The Kier molecular flexibility index (Phi) is 7.60. The standard InChI is InChI=1S/C28H44N2O6/c1-7-14-29(19-12-10-9-11-13-19)25(33)23-28-15-18(5)27(6,36-28)22(26(34)35-8-2)21(28)24(32)30(23)20(16-31)17(3)4/h7,17-23,31H,1,8-16H2,2-6H3/t18?,20-,21-,22+,23?,27-,28?/m0/s1. The van der Waals surface area contributed by atoms with Crippen LogP contribution in [0.4, 0.5) is 0 Å². The third-order valence-electron chi connectivity index (χ3n) is 9.47. The molecule has 202 valence electrons. The monoisotopic (exact) mass is 504 g/mol. The first kappa shape index (κ1) is 27.1. The predicted molar refractivity (Wildman–Crippen MR) is 135 cm³/mol. The van der Waals surface area contributed by atoms with Crippen LogP contribution < -0.4 is 0 Å². The highest BCUT2D eigenvalue weighted by molar-refractivity contribution is 5.99. The molecule has 4 aliphatic rings. The number of esters is 1. The lowest BCUT2D eigenvalue weighted by atomic mass is 9.62. The Bertz CT molecular complexity index is 885. The van der Waals surface area contributed by atoms with Crippen LogP contribution in [0.5, 0.6) is 0 Å². The fourth-order valence-electron chi connectivity index (χ4n) is 7.63. The SMILES string of the molecule is C=CCN(C(=O)C1N([C@@H](CO)C(C)C)C(=O)[C@@H]2[C@H](C(=O)OCC)[C@@]3(C)OC12CC3C)C1CCCCC1. The van der Waals surface area contributed by atoms with Gasteiger partial charge in [0, 0.05) is 12.6 Å². The second-order valence-corrected chi connectivity index (χ2v) is 11.8. The van der Waals surface area contributed by atoms with Crippen molar-refractivity contribution in [2.45, 2.75) is 102 Å². The fourth-order valence-corrected chi connectivity index (χ4v) is 7.63. The van der Waals surface area contributed by atoms with Crippen LogP contribution in [0, 0.1) is 23.7 Å². The summed E-state index contributed by atoms with van der Waals surface area (Å²) >= 11 is 0. The summed E-state index contributed by atoms with van der Waals surface area (Å²) in [7, 11) is 0. The van der Waals surface area contributed by atoms with Crippen molar-refractivity contribution in [3.05, 3.63) is 12.7 Å². The van der Waals surface area contributed by atoms with Crippen molar-refractivity contribution in [2.24, 2.45) is 23.7 Å². The van der Waals surface area contributed by atoms with E-state index in [4.69, 9.17) is 9.47 Å². The summed E-state index contributed by atoms with van der Waals surface area (Å²) in [5.74, 6) is -2.60. The predicted octanol–water partition coefficient (Wildman–Crippen LogP) is 2.92. The molecule has 0 radical (unpaired) electrons. The Hall–Kier alpha value is -1.93. The summed E-state index contributed by atoms with van der Waals surface area (Å²) in [4.78, 5) is 45.6. The zero-order chi connectivity index (χ0) is 26.4. The van der Waals surface area contributed by atoms with Crippen molar-refractivity contribution in [1.82, 2.24) is 9.80 Å². The minimum atomic E-state index is -1.13. The maximum absolute atomic E-state index is 14.6. The number of carbonyl (C=O) groups excluding carboxylic acids is 3. The van der Waals surface area contributed by atoms with Crippen LogP contribution in [-0.4, -0.2) is 81.8 Å². The molecule has 7 atom stereocenters.